The Kier molecular flexibility index (Phi) is 4.87. The van der Waals surface area contributed by atoms with Crippen LogP contribution < -0.4 is 5.73 Å². The van der Waals surface area contributed by atoms with Crippen LogP contribution in [0.1, 0.15) is 35.1 Å². The summed E-state index contributed by atoms with van der Waals surface area (Å²) in [5.74, 6) is 1.25. The molecular formula is C23H14Cl2N4O. The minimum atomic E-state index is 0.117. The molecule has 2 N–H and O–H groups in total. The minimum Gasteiger partial charge on any atom is -0.457 e. The smallest absolute Gasteiger partial charge is 0.142 e. The van der Waals surface area contributed by atoms with Crippen molar-refractivity contribution in [3.05, 3.63) is 74.1 Å². The fourth-order valence-electron chi connectivity index (χ4n) is 3.60. The van der Waals surface area contributed by atoms with Crippen molar-refractivity contribution in [3.8, 4) is 23.5 Å². The van der Waals surface area contributed by atoms with Crippen LogP contribution in [-0.2, 0) is 0 Å². The van der Waals surface area contributed by atoms with Crippen LogP contribution >= 0.6 is 23.2 Å². The Morgan fingerprint density at radius 2 is 1.87 bits per heavy atom. The highest BCUT2D eigenvalue weighted by Crippen LogP contribution is 2.44. The van der Waals surface area contributed by atoms with E-state index in [0.29, 0.717) is 55.1 Å². The summed E-state index contributed by atoms with van der Waals surface area (Å²) in [5.41, 5.74) is 10.7. The van der Waals surface area contributed by atoms with Crippen molar-refractivity contribution in [2.45, 2.75) is 13.8 Å². The molecule has 1 aliphatic rings. The Bertz CT molecular complexity index is 1370. The molecule has 3 aromatic rings. The number of fused-ring (bicyclic) bond motifs is 1. The lowest BCUT2D eigenvalue weighted by molar-refractivity contribution is 0.572. The van der Waals surface area contributed by atoms with Crippen molar-refractivity contribution < 1.29 is 4.42 Å². The van der Waals surface area contributed by atoms with E-state index in [4.69, 9.17) is 33.4 Å². The number of hydrogen-bond donors (Lipinski definition) is 1. The molecule has 1 aliphatic carbocycles. The van der Waals surface area contributed by atoms with Gasteiger partial charge in [-0.1, -0.05) is 23.2 Å². The predicted molar refractivity (Wildman–Crippen MR) is 118 cm³/mol. The largest absolute Gasteiger partial charge is 0.457 e. The van der Waals surface area contributed by atoms with Gasteiger partial charge >= 0.3 is 0 Å². The van der Waals surface area contributed by atoms with Gasteiger partial charge in [-0.15, -0.1) is 0 Å². The lowest BCUT2D eigenvalue weighted by atomic mass is 9.96. The first-order chi connectivity index (χ1) is 14.3. The number of anilines is 1. The van der Waals surface area contributed by atoms with Crippen molar-refractivity contribution in [2.75, 3.05) is 5.73 Å². The van der Waals surface area contributed by atoms with Gasteiger partial charge in [0.05, 0.1) is 21.9 Å². The van der Waals surface area contributed by atoms with E-state index in [9.17, 15) is 10.5 Å². The predicted octanol–water partition coefficient (Wildman–Crippen LogP) is 6.26. The summed E-state index contributed by atoms with van der Waals surface area (Å²) in [7, 11) is 0. The summed E-state index contributed by atoms with van der Waals surface area (Å²) in [6.07, 6.45) is 1.83. The van der Waals surface area contributed by atoms with Gasteiger partial charge in [-0.3, -0.25) is 0 Å². The second-order valence-electron chi connectivity index (χ2n) is 6.83. The zero-order valence-corrected chi connectivity index (χ0v) is 17.6. The summed E-state index contributed by atoms with van der Waals surface area (Å²) < 4.78 is 5.98. The summed E-state index contributed by atoms with van der Waals surface area (Å²) >= 11 is 12.4. The SMILES string of the molecule is CC1=C(C#N)c2nc(N)c(C#N)c(C)c2/C1=C\c1ccc(-c2cc(Cl)ccc2Cl)o1. The highest BCUT2D eigenvalue weighted by atomic mass is 35.5. The first kappa shape index (κ1) is 19.8. The number of pyridine rings is 1. The molecule has 7 heteroatoms. The van der Waals surface area contributed by atoms with Gasteiger partial charge in [0.25, 0.3) is 0 Å². The number of aromatic nitrogens is 1. The minimum absolute atomic E-state index is 0.117. The average Bonchev–Trinajstić information content (AvgIpc) is 3.27. The van der Waals surface area contributed by atoms with Crippen molar-refractivity contribution in [1.29, 1.82) is 10.5 Å². The summed E-state index contributed by atoms with van der Waals surface area (Å²) in [6, 6.07) is 13.1. The quantitative estimate of drug-likeness (QED) is 0.514. The van der Waals surface area contributed by atoms with Crippen LogP contribution in [-0.4, -0.2) is 4.98 Å². The van der Waals surface area contributed by atoms with Gasteiger partial charge < -0.3 is 10.2 Å². The van der Waals surface area contributed by atoms with E-state index < -0.39 is 0 Å². The fraction of sp³-hybridized carbons (Fsp3) is 0.0870. The molecule has 146 valence electrons. The molecule has 2 heterocycles. The molecule has 0 atom stereocenters. The lowest BCUT2D eigenvalue weighted by Crippen LogP contribution is -2.03. The average molecular weight is 433 g/mol. The van der Waals surface area contributed by atoms with Gasteiger partial charge in [-0.05, 0) is 67.0 Å². The van der Waals surface area contributed by atoms with Crippen molar-refractivity contribution >= 4 is 46.2 Å². The maximum atomic E-state index is 9.65. The zero-order chi connectivity index (χ0) is 21.6. The molecule has 2 aromatic heterocycles. The van der Waals surface area contributed by atoms with E-state index >= 15 is 0 Å². The first-order valence-electron chi connectivity index (χ1n) is 8.95. The van der Waals surface area contributed by atoms with Gasteiger partial charge in [0.2, 0.25) is 0 Å². The van der Waals surface area contributed by atoms with Gasteiger partial charge in [0, 0.05) is 16.1 Å². The third-order valence-electron chi connectivity index (χ3n) is 5.09. The standard InChI is InChI=1S/C23H14Cl2N4O/c1-11-15(21-12(2)18(10-27)23(28)29-22(21)17(11)9-26)8-14-4-6-20(30-14)16-7-13(24)3-5-19(16)25/h3-8H,1-2H3,(H2,28,29)/b15-8-. The molecule has 5 nitrogen and oxygen atoms in total. The number of nitrogen functional groups attached to an aromatic ring is 1. The Hall–Kier alpha value is -3.51. The van der Waals surface area contributed by atoms with Crippen molar-refractivity contribution in [2.24, 2.45) is 0 Å². The molecule has 4 rings (SSSR count). The summed E-state index contributed by atoms with van der Waals surface area (Å²) in [5, 5.41) is 20.2. The highest BCUT2D eigenvalue weighted by Gasteiger charge is 2.30. The molecule has 0 bridgehead atoms. The molecule has 0 spiro atoms. The Morgan fingerprint density at radius 3 is 2.57 bits per heavy atom. The van der Waals surface area contributed by atoms with E-state index in [0.717, 1.165) is 11.1 Å². The van der Waals surface area contributed by atoms with Gasteiger partial charge in [0.1, 0.15) is 29.5 Å². The molecule has 0 unspecified atom stereocenters. The molecule has 30 heavy (non-hydrogen) atoms. The maximum Gasteiger partial charge on any atom is 0.142 e. The molecule has 0 amide bonds. The molecule has 0 saturated carbocycles. The number of nitriles is 2. The maximum absolute atomic E-state index is 9.65. The fourth-order valence-corrected chi connectivity index (χ4v) is 3.98. The van der Waals surface area contributed by atoms with E-state index in [2.05, 4.69) is 17.1 Å². The monoisotopic (exact) mass is 432 g/mol. The Morgan fingerprint density at radius 1 is 1.10 bits per heavy atom. The number of rotatable bonds is 2. The molecule has 0 aliphatic heterocycles. The second-order valence-corrected chi connectivity index (χ2v) is 7.67. The van der Waals surface area contributed by atoms with Crippen molar-refractivity contribution in [3.63, 3.8) is 0 Å². The van der Waals surface area contributed by atoms with Crippen LogP contribution in [0.4, 0.5) is 5.82 Å². The van der Waals surface area contributed by atoms with Crippen LogP contribution in [0.3, 0.4) is 0 Å². The van der Waals surface area contributed by atoms with E-state index in [1.54, 1.807) is 31.2 Å². The Labute approximate surface area is 183 Å². The molecule has 0 saturated heterocycles. The molecule has 0 radical (unpaired) electrons. The number of allylic oxidation sites excluding steroid dienone is 3. The molecular weight excluding hydrogens is 419 g/mol. The topological polar surface area (TPSA) is 99.6 Å². The number of nitrogens with two attached hydrogens (primary N) is 1. The van der Waals surface area contributed by atoms with Crippen molar-refractivity contribution in [1.82, 2.24) is 4.98 Å². The van der Waals surface area contributed by atoms with Crippen LogP contribution in [0.5, 0.6) is 0 Å². The lowest BCUT2D eigenvalue weighted by Gasteiger charge is -2.10. The van der Waals surface area contributed by atoms with Gasteiger partial charge in [-0.25, -0.2) is 4.98 Å². The summed E-state index contributed by atoms with van der Waals surface area (Å²) in [4.78, 5) is 4.33. The third kappa shape index (κ3) is 3.06. The van der Waals surface area contributed by atoms with Crippen LogP contribution in [0.25, 0.3) is 28.5 Å². The number of hydrogen-bond acceptors (Lipinski definition) is 5. The number of benzene rings is 1. The van der Waals surface area contributed by atoms with E-state index in [1.807, 2.05) is 19.1 Å². The number of furan rings is 1. The Balaban J connectivity index is 1.88. The van der Waals surface area contributed by atoms with Crippen LogP contribution in [0.15, 0.2) is 40.3 Å². The number of halogens is 2. The first-order valence-corrected chi connectivity index (χ1v) is 9.70. The van der Waals surface area contributed by atoms with E-state index in [-0.39, 0.29) is 5.82 Å². The molecule has 1 aromatic carbocycles. The third-order valence-corrected chi connectivity index (χ3v) is 5.66. The number of nitrogens with zero attached hydrogens (tertiary/aromatic N) is 3. The normalized spacial score (nSPS) is 14.0. The summed E-state index contributed by atoms with van der Waals surface area (Å²) in [6.45, 7) is 3.64. The van der Waals surface area contributed by atoms with E-state index in [1.165, 1.54) is 0 Å². The zero-order valence-electron chi connectivity index (χ0n) is 16.0. The molecule has 0 fully saturated rings. The van der Waals surface area contributed by atoms with Gasteiger partial charge in [-0.2, -0.15) is 10.5 Å². The highest BCUT2D eigenvalue weighted by molar-refractivity contribution is 6.35. The van der Waals surface area contributed by atoms with Gasteiger partial charge in [0.15, 0.2) is 0 Å². The van der Waals surface area contributed by atoms with Crippen LogP contribution in [0, 0.1) is 29.6 Å². The second kappa shape index (κ2) is 7.39. The van der Waals surface area contributed by atoms with Crippen LogP contribution in [0.2, 0.25) is 10.0 Å².